The van der Waals surface area contributed by atoms with Gasteiger partial charge in [0.2, 0.25) is 10.0 Å². The van der Waals surface area contributed by atoms with Gasteiger partial charge in [-0.2, -0.15) is 17.5 Å². The molecule has 0 spiro atoms. The Kier molecular flexibility index (Phi) is 5.58. The van der Waals surface area contributed by atoms with Gasteiger partial charge in [0.25, 0.3) is 0 Å². The first kappa shape index (κ1) is 20.5. The SMILES string of the molecule is COc1ccc([C@@H]2CCCN2S(=O)(=O)c2ccccc2C(F)(F)F)cc1OC. The summed E-state index contributed by atoms with van der Waals surface area (Å²) in [5.41, 5.74) is -0.517. The smallest absolute Gasteiger partial charge is 0.417 e. The lowest BCUT2D eigenvalue weighted by Crippen LogP contribution is -2.32. The zero-order valence-electron chi connectivity index (χ0n) is 15.4. The molecule has 0 radical (unpaired) electrons. The molecule has 1 heterocycles. The molecule has 152 valence electrons. The first-order valence-electron chi connectivity index (χ1n) is 8.60. The molecule has 0 bridgehead atoms. The third-order valence-electron chi connectivity index (χ3n) is 4.78. The maximum absolute atomic E-state index is 13.4. The van der Waals surface area contributed by atoms with Crippen LogP contribution in [0.4, 0.5) is 13.2 Å². The summed E-state index contributed by atoms with van der Waals surface area (Å²) < 4.78 is 77.9. The number of nitrogens with zero attached hydrogens (tertiary/aromatic N) is 1. The van der Waals surface area contributed by atoms with E-state index in [1.54, 1.807) is 18.2 Å². The monoisotopic (exact) mass is 415 g/mol. The maximum atomic E-state index is 13.4. The average Bonchev–Trinajstić information content (AvgIpc) is 3.17. The van der Waals surface area contributed by atoms with Crippen LogP contribution in [0.5, 0.6) is 11.5 Å². The van der Waals surface area contributed by atoms with Crippen LogP contribution in [0.3, 0.4) is 0 Å². The summed E-state index contributed by atoms with van der Waals surface area (Å²) in [5, 5.41) is 0. The van der Waals surface area contributed by atoms with Gasteiger partial charge in [-0.1, -0.05) is 18.2 Å². The molecule has 0 N–H and O–H groups in total. The van der Waals surface area contributed by atoms with Crippen molar-refractivity contribution in [3.63, 3.8) is 0 Å². The molecule has 5 nitrogen and oxygen atoms in total. The lowest BCUT2D eigenvalue weighted by Gasteiger charge is -2.26. The highest BCUT2D eigenvalue weighted by molar-refractivity contribution is 7.89. The highest BCUT2D eigenvalue weighted by Crippen LogP contribution is 2.42. The second-order valence-corrected chi connectivity index (χ2v) is 8.24. The number of hydrogen-bond donors (Lipinski definition) is 0. The van der Waals surface area contributed by atoms with Gasteiger partial charge in [-0.05, 0) is 42.7 Å². The summed E-state index contributed by atoms with van der Waals surface area (Å²) in [4.78, 5) is -0.727. The molecule has 1 atom stereocenters. The van der Waals surface area contributed by atoms with Gasteiger partial charge in [-0.15, -0.1) is 0 Å². The summed E-state index contributed by atoms with van der Waals surface area (Å²) in [6, 6.07) is 8.70. The molecule has 28 heavy (non-hydrogen) atoms. The van der Waals surface area contributed by atoms with Crippen LogP contribution >= 0.6 is 0 Å². The number of rotatable bonds is 5. The Hall–Kier alpha value is -2.26. The van der Waals surface area contributed by atoms with Gasteiger partial charge in [0, 0.05) is 6.54 Å². The fourth-order valence-electron chi connectivity index (χ4n) is 3.47. The lowest BCUT2D eigenvalue weighted by molar-refractivity contribution is -0.139. The van der Waals surface area contributed by atoms with Gasteiger partial charge in [0.05, 0.1) is 30.7 Å². The molecular weight excluding hydrogens is 395 g/mol. The Labute approximate surface area is 161 Å². The molecule has 1 saturated heterocycles. The Morgan fingerprint density at radius 3 is 2.36 bits per heavy atom. The summed E-state index contributed by atoms with van der Waals surface area (Å²) >= 11 is 0. The topological polar surface area (TPSA) is 55.8 Å². The van der Waals surface area contributed by atoms with Crippen molar-refractivity contribution >= 4 is 10.0 Å². The van der Waals surface area contributed by atoms with Crippen molar-refractivity contribution in [3.8, 4) is 11.5 Å². The number of hydrogen-bond acceptors (Lipinski definition) is 4. The van der Waals surface area contributed by atoms with Crippen LogP contribution in [0.15, 0.2) is 47.4 Å². The fraction of sp³-hybridized carbons (Fsp3) is 0.368. The Morgan fingerprint density at radius 1 is 1.04 bits per heavy atom. The van der Waals surface area contributed by atoms with Crippen molar-refractivity contribution < 1.29 is 31.1 Å². The zero-order valence-corrected chi connectivity index (χ0v) is 16.2. The number of halogens is 3. The van der Waals surface area contributed by atoms with Crippen molar-refractivity contribution in [3.05, 3.63) is 53.6 Å². The molecular formula is C19H20F3NO4S. The van der Waals surface area contributed by atoms with Crippen molar-refractivity contribution in [1.82, 2.24) is 4.31 Å². The van der Waals surface area contributed by atoms with Crippen molar-refractivity contribution in [2.45, 2.75) is 30.0 Å². The molecule has 2 aromatic rings. The van der Waals surface area contributed by atoms with Crippen LogP contribution in [-0.2, 0) is 16.2 Å². The molecule has 2 aromatic carbocycles. The van der Waals surface area contributed by atoms with E-state index >= 15 is 0 Å². The number of sulfonamides is 1. The van der Waals surface area contributed by atoms with Crippen molar-refractivity contribution in [2.75, 3.05) is 20.8 Å². The van der Waals surface area contributed by atoms with E-state index < -0.39 is 32.7 Å². The van der Waals surface area contributed by atoms with E-state index in [9.17, 15) is 21.6 Å². The first-order valence-corrected chi connectivity index (χ1v) is 10.0. The van der Waals surface area contributed by atoms with E-state index in [0.29, 0.717) is 29.9 Å². The highest BCUT2D eigenvalue weighted by atomic mass is 32.2. The second-order valence-electron chi connectivity index (χ2n) is 6.38. The predicted molar refractivity (Wildman–Crippen MR) is 96.9 cm³/mol. The normalized spacial score (nSPS) is 18.2. The van der Waals surface area contributed by atoms with Crippen LogP contribution in [-0.4, -0.2) is 33.5 Å². The largest absolute Gasteiger partial charge is 0.493 e. The third-order valence-corrected chi connectivity index (χ3v) is 6.74. The van der Waals surface area contributed by atoms with E-state index in [4.69, 9.17) is 9.47 Å². The highest BCUT2D eigenvalue weighted by Gasteiger charge is 2.42. The fourth-order valence-corrected chi connectivity index (χ4v) is 5.37. The van der Waals surface area contributed by atoms with Gasteiger partial charge < -0.3 is 9.47 Å². The van der Waals surface area contributed by atoms with Gasteiger partial charge in [-0.25, -0.2) is 8.42 Å². The van der Waals surface area contributed by atoms with Gasteiger partial charge in [-0.3, -0.25) is 0 Å². The summed E-state index contributed by atoms with van der Waals surface area (Å²) in [5.74, 6) is 0.918. The molecule has 3 rings (SSSR count). The van der Waals surface area contributed by atoms with E-state index in [-0.39, 0.29) is 6.54 Å². The lowest BCUT2D eigenvalue weighted by atomic mass is 10.0. The predicted octanol–water partition coefficient (Wildman–Crippen LogP) is 4.25. The van der Waals surface area contributed by atoms with E-state index in [2.05, 4.69) is 0 Å². The van der Waals surface area contributed by atoms with Crippen LogP contribution in [0, 0.1) is 0 Å². The first-order chi connectivity index (χ1) is 13.2. The summed E-state index contributed by atoms with van der Waals surface area (Å²) in [6.07, 6.45) is -3.71. The molecule has 1 aliphatic heterocycles. The number of benzene rings is 2. The molecule has 0 saturated carbocycles. The van der Waals surface area contributed by atoms with Crippen LogP contribution in [0.1, 0.15) is 30.0 Å². The minimum Gasteiger partial charge on any atom is -0.493 e. The van der Waals surface area contributed by atoms with Crippen molar-refractivity contribution in [1.29, 1.82) is 0 Å². The quantitative estimate of drug-likeness (QED) is 0.733. The van der Waals surface area contributed by atoms with Crippen LogP contribution in [0.25, 0.3) is 0 Å². The average molecular weight is 415 g/mol. The molecule has 0 aromatic heterocycles. The van der Waals surface area contributed by atoms with Gasteiger partial charge >= 0.3 is 6.18 Å². The van der Waals surface area contributed by atoms with Crippen LogP contribution in [0.2, 0.25) is 0 Å². The molecule has 1 aliphatic rings. The molecule has 1 fully saturated rings. The number of ether oxygens (including phenoxy) is 2. The third kappa shape index (κ3) is 3.68. The van der Waals surface area contributed by atoms with Gasteiger partial charge in [0.15, 0.2) is 11.5 Å². The second kappa shape index (κ2) is 7.63. The Morgan fingerprint density at radius 2 is 1.71 bits per heavy atom. The minimum absolute atomic E-state index is 0.146. The molecule has 9 heteroatoms. The Balaban J connectivity index is 2.04. The molecule has 0 unspecified atom stereocenters. The Bertz CT molecular complexity index is 960. The summed E-state index contributed by atoms with van der Waals surface area (Å²) in [6.45, 7) is 0.146. The standard InChI is InChI=1S/C19H20F3NO4S/c1-26-16-10-9-13(12-17(16)27-2)15-7-5-11-23(15)28(24,25)18-8-4-3-6-14(18)19(20,21)22/h3-4,6,8-10,12,15H,5,7,11H2,1-2H3/t15-/m0/s1. The van der Waals surface area contributed by atoms with Crippen molar-refractivity contribution in [2.24, 2.45) is 0 Å². The van der Waals surface area contributed by atoms with E-state index in [1.807, 2.05) is 0 Å². The number of methoxy groups -OCH3 is 2. The molecule has 0 aliphatic carbocycles. The number of alkyl halides is 3. The molecule has 0 amide bonds. The van der Waals surface area contributed by atoms with Crippen LogP contribution < -0.4 is 9.47 Å². The van der Waals surface area contributed by atoms with Gasteiger partial charge in [0.1, 0.15) is 0 Å². The minimum atomic E-state index is -4.76. The van der Waals surface area contributed by atoms with E-state index in [0.717, 1.165) is 16.4 Å². The summed E-state index contributed by atoms with van der Waals surface area (Å²) in [7, 11) is -1.40. The zero-order chi connectivity index (χ0) is 20.5. The maximum Gasteiger partial charge on any atom is 0.417 e. The van der Waals surface area contributed by atoms with E-state index in [1.165, 1.54) is 26.4 Å².